The number of nitrogens with one attached hydrogen (secondary N) is 1. The highest BCUT2D eigenvalue weighted by Crippen LogP contribution is 2.15. The molecule has 146 valence electrons. The molecule has 1 saturated heterocycles. The maximum Gasteiger partial charge on any atom is 0.318 e. The molecule has 1 aliphatic rings. The van der Waals surface area contributed by atoms with Crippen molar-refractivity contribution in [1.82, 2.24) is 25.3 Å². The van der Waals surface area contributed by atoms with Crippen LogP contribution < -0.4 is 5.32 Å². The smallest absolute Gasteiger partial charge is 0.318 e. The van der Waals surface area contributed by atoms with Crippen LogP contribution in [0.4, 0.5) is 4.79 Å². The number of amides is 3. The third-order valence-corrected chi connectivity index (χ3v) is 4.59. The number of carbonyl (C=O) groups excluding carboxylic acids is 2. The molecule has 0 aliphatic carbocycles. The molecule has 3 heterocycles. The molecule has 9 heteroatoms. The zero-order chi connectivity index (χ0) is 19.2. The molecule has 0 radical (unpaired) electrons. The number of likely N-dealkylation sites (tertiary alicyclic amines) is 1. The molecule has 3 amide bonds. The third-order valence-electron chi connectivity index (χ3n) is 4.59. The highest BCUT2D eigenvalue weighted by molar-refractivity contribution is 5.91. The van der Waals surface area contributed by atoms with E-state index in [4.69, 9.17) is 8.94 Å². The van der Waals surface area contributed by atoms with E-state index >= 15 is 0 Å². The summed E-state index contributed by atoms with van der Waals surface area (Å²) in [6, 6.07) is 3.04. The highest BCUT2D eigenvalue weighted by Gasteiger charge is 2.28. The topological polar surface area (TPSA) is 105 Å². The number of rotatable bonds is 6. The molecule has 3 rings (SSSR count). The summed E-state index contributed by atoms with van der Waals surface area (Å²) in [7, 11) is 0. The van der Waals surface area contributed by atoms with Crippen LogP contribution in [0, 0.1) is 0 Å². The SMILES string of the molecule is CCc1noc(CN(CC)C(=O)N[C@@H]2CCCN(C(=O)c3ccco3)C2)n1. The molecule has 0 bridgehead atoms. The molecule has 2 aromatic heterocycles. The van der Waals surface area contributed by atoms with Crippen molar-refractivity contribution in [3.63, 3.8) is 0 Å². The molecular weight excluding hydrogens is 350 g/mol. The second-order valence-electron chi connectivity index (χ2n) is 6.49. The maximum absolute atomic E-state index is 12.6. The van der Waals surface area contributed by atoms with Gasteiger partial charge in [-0.05, 0) is 31.9 Å². The van der Waals surface area contributed by atoms with Crippen LogP contribution >= 0.6 is 0 Å². The number of hydrogen-bond donors (Lipinski definition) is 1. The lowest BCUT2D eigenvalue weighted by atomic mass is 10.1. The molecule has 0 unspecified atom stereocenters. The minimum absolute atomic E-state index is 0.104. The van der Waals surface area contributed by atoms with Crippen LogP contribution in [0.25, 0.3) is 0 Å². The lowest BCUT2D eigenvalue weighted by Gasteiger charge is -2.33. The van der Waals surface area contributed by atoms with Gasteiger partial charge >= 0.3 is 6.03 Å². The number of hydrogen-bond acceptors (Lipinski definition) is 6. The number of furan rings is 1. The molecule has 1 atom stereocenters. The van der Waals surface area contributed by atoms with Gasteiger partial charge in [0.05, 0.1) is 6.26 Å². The highest BCUT2D eigenvalue weighted by atomic mass is 16.5. The number of piperidine rings is 1. The number of aromatic nitrogens is 2. The average molecular weight is 375 g/mol. The lowest BCUT2D eigenvalue weighted by molar-refractivity contribution is 0.0662. The monoisotopic (exact) mass is 375 g/mol. The van der Waals surface area contributed by atoms with E-state index in [1.54, 1.807) is 21.9 Å². The molecular formula is C18H25N5O4. The van der Waals surface area contributed by atoms with E-state index < -0.39 is 0 Å². The van der Waals surface area contributed by atoms with E-state index in [2.05, 4.69) is 15.5 Å². The van der Waals surface area contributed by atoms with Crippen molar-refractivity contribution in [3.8, 4) is 0 Å². The fourth-order valence-electron chi connectivity index (χ4n) is 3.09. The van der Waals surface area contributed by atoms with Gasteiger partial charge < -0.3 is 24.1 Å². The number of nitrogens with zero attached hydrogens (tertiary/aromatic N) is 4. The first-order valence-electron chi connectivity index (χ1n) is 9.30. The van der Waals surface area contributed by atoms with Crippen LogP contribution in [0.5, 0.6) is 0 Å². The predicted octanol–water partition coefficient (Wildman–Crippen LogP) is 2.06. The molecule has 9 nitrogen and oxygen atoms in total. The van der Waals surface area contributed by atoms with Crippen LogP contribution in [0.3, 0.4) is 0 Å². The van der Waals surface area contributed by atoms with Crippen molar-refractivity contribution >= 4 is 11.9 Å². The Kier molecular flexibility index (Phi) is 6.10. The Balaban J connectivity index is 1.56. The van der Waals surface area contributed by atoms with Crippen molar-refractivity contribution in [3.05, 3.63) is 35.9 Å². The van der Waals surface area contributed by atoms with Crippen molar-refractivity contribution in [2.45, 2.75) is 45.7 Å². The van der Waals surface area contributed by atoms with Gasteiger partial charge in [-0.1, -0.05) is 12.1 Å². The van der Waals surface area contributed by atoms with Gasteiger partial charge in [0.1, 0.15) is 6.54 Å². The maximum atomic E-state index is 12.6. The molecule has 2 aromatic rings. The minimum atomic E-state index is -0.203. The van der Waals surface area contributed by atoms with Gasteiger partial charge in [-0.3, -0.25) is 4.79 Å². The number of carbonyl (C=O) groups is 2. The van der Waals surface area contributed by atoms with Crippen molar-refractivity contribution in [1.29, 1.82) is 0 Å². The third kappa shape index (κ3) is 4.66. The second-order valence-corrected chi connectivity index (χ2v) is 6.49. The zero-order valence-corrected chi connectivity index (χ0v) is 15.7. The van der Waals surface area contributed by atoms with E-state index in [0.717, 1.165) is 12.8 Å². The second kappa shape index (κ2) is 8.70. The number of aryl methyl sites for hydroxylation is 1. The Hall–Kier alpha value is -2.84. The Labute approximate surface area is 157 Å². The van der Waals surface area contributed by atoms with Gasteiger partial charge in [-0.15, -0.1) is 0 Å². The average Bonchev–Trinajstić information content (AvgIpc) is 3.37. The Morgan fingerprint density at radius 2 is 2.26 bits per heavy atom. The summed E-state index contributed by atoms with van der Waals surface area (Å²) in [6.07, 6.45) is 3.82. The molecule has 1 N–H and O–H groups in total. The summed E-state index contributed by atoms with van der Waals surface area (Å²) in [5, 5.41) is 6.87. The Bertz CT molecular complexity index is 758. The fourth-order valence-corrected chi connectivity index (χ4v) is 3.09. The van der Waals surface area contributed by atoms with Crippen molar-refractivity contribution in [2.75, 3.05) is 19.6 Å². The van der Waals surface area contributed by atoms with Crippen molar-refractivity contribution in [2.24, 2.45) is 0 Å². The fraction of sp³-hybridized carbons (Fsp3) is 0.556. The molecule has 1 aliphatic heterocycles. The van der Waals surface area contributed by atoms with Crippen molar-refractivity contribution < 1.29 is 18.5 Å². The molecule has 27 heavy (non-hydrogen) atoms. The van der Waals surface area contributed by atoms with Crippen LogP contribution in [0.15, 0.2) is 27.3 Å². The summed E-state index contributed by atoms with van der Waals surface area (Å²) in [5.74, 6) is 1.22. The normalized spacial score (nSPS) is 17.0. The van der Waals surface area contributed by atoms with E-state index in [9.17, 15) is 9.59 Å². The quantitative estimate of drug-likeness (QED) is 0.829. The lowest BCUT2D eigenvalue weighted by Crippen LogP contribution is -2.52. The first-order valence-corrected chi connectivity index (χ1v) is 9.30. The molecule has 0 aromatic carbocycles. The van der Waals surface area contributed by atoms with Crippen LogP contribution in [-0.2, 0) is 13.0 Å². The van der Waals surface area contributed by atoms with Crippen LogP contribution in [0.1, 0.15) is 49.0 Å². The van der Waals surface area contributed by atoms with E-state index in [1.807, 2.05) is 13.8 Å². The Morgan fingerprint density at radius 3 is 2.93 bits per heavy atom. The van der Waals surface area contributed by atoms with E-state index in [-0.39, 0.29) is 24.5 Å². The minimum Gasteiger partial charge on any atom is -0.459 e. The summed E-state index contributed by atoms with van der Waals surface area (Å²) in [4.78, 5) is 32.6. The van der Waals surface area contributed by atoms with Gasteiger partial charge in [0.2, 0.25) is 5.89 Å². The van der Waals surface area contributed by atoms with Gasteiger partial charge in [0.15, 0.2) is 11.6 Å². The summed E-state index contributed by atoms with van der Waals surface area (Å²) in [5.41, 5.74) is 0. The number of urea groups is 1. The van der Waals surface area contributed by atoms with Gasteiger partial charge in [-0.25, -0.2) is 4.79 Å². The Morgan fingerprint density at radius 1 is 1.41 bits per heavy atom. The summed E-state index contributed by atoms with van der Waals surface area (Å²) < 4.78 is 10.4. The first-order chi connectivity index (χ1) is 13.1. The van der Waals surface area contributed by atoms with Crippen LogP contribution in [-0.4, -0.2) is 57.6 Å². The molecule has 0 saturated carbocycles. The predicted molar refractivity (Wildman–Crippen MR) is 95.9 cm³/mol. The summed E-state index contributed by atoms with van der Waals surface area (Å²) in [6.45, 7) is 5.73. The largest absolute Gasteiger partial charge is 0.459 e. The molecule has 0 spiro atoms. The van der Waals surface area contributed by atoms with Gasteiger partial charge in [-0.2, -0.15) is 4.98 Å². The van der Waals surface area contributed by atoms with Gasteiger partial charge in [0.25, 0.3) is 5.91 Å². The first kappa shape index (κ1) is 18.9. The van der Waals surface area contributed by atoms with E-state index in [0.29, 0.717) is 43.5 Å². The van der Waals surface area contributed by atoms with Crippen LogP contribution in [0.2, 0.25) is 0 Å². The standard InChI is InChI=1S/C18H25N5O4/c1-3-15-20-16(27-21-15)12-22(4-2)18(25)19-13-7-5-9-23(11-13)17(24)14-8-6-10-26-14/h6,8,10,13H,3-5,7,9,11-12H2,1-2H3,(H,19,25)/t13-/m1/s1. The molecule has 1 fully saturated rings. The summed E-state index contributed by atoms with van der Waals surface area (Å²) >= 11 is 0. The zero-order valence-electron chi connectivity index (χ0n) is 15.7. The van der Waals surface area contributed by atoms with E-state index in [1.165, 1.54) is 6.26 Å². The van der Waals surface area contributed by atoms with Gasteiger partial charge in [0, 0.05) is 32.1 Å².